The number of halogens is 4. The average molecular weight is 532 g/mol. The number of methoxy groups -OCH3 is 1. The molecule has 0 bridgehead atoms. The van der Waals surface area contributed by atoms with E-state index < -0.39 is 0 Å². The first-order valence-corrected chi connectivity index (χ1v) is 11.7. The van der Waals surface area contributed by atoms with E-state index in [1.807, 2.05) is 42.3 Å². The van der Waals surface area contributed by atoms with Gasteiger partial charge in [0.2, 0.25) is 0 Å². The van der Waals surface area contributed by atoms with Crippen LogP contribution in [-0.2, 0) is 9.53 Å². The van der Waals surface area contributed by atoms with Crippen LogP contribution in [0, 0.1) is 5.92 Å². The molecular weight excluding hydrogens is 506 g/mol. The minimum absolute atomic E-state index is 0. The normalized spacial score (nSPS) is 22.8. The molecule has 2 aromatic rings. The number of anilines is 1. The van der Waals surface area contributed by atoms with Crippen molar-refractivity contribution in [3.63, 3.8) is 0 Å². The van der Waals surface area contributed by atoms with Gasteiger partial charge in [-0.15, -0.1) is 12.4 Å². The van der Waals surface area contributed by atoms with Crippen LogP contribution >= 0.6 is 47.2 Å². The molecule has 1 N–H and O–H groups in total. The van der Waals surface area contributed by atoms with Crippen LogP contribution < -0.4 is 10.4 Å². The van der Waals surface area contributed by atoms with Gasteiger partial charge in [0.05, 0.1) is 29.4 Å². The fourth-order valence-corrected chi connectivity index (χ4v) is 5.00. The first-order chi connectivity index (χ1) is 15.4. The summed E-state index contributed by atoms with van der Waals surface area (Å²) in [5.74, 6) is -0.404. The third kappa shape index (κ3) is 5.59. The van der Waals surface area contributed by atoms with Gasteiger partial charge in [0.1, 0.15) is 5.71 Å². The number of rotatable bonds is 6. The van der Waals surface area contributed by atoms with Gasteiger partial charge in [-0.1, -0.05) is 53.9 Å². The SMILES string of the molecule is COC[C@@H]1CCCN1NC(=O)C1=NN(c2ccc(Cl)cc2Cl)C(c2ccc(Cl)cc2)C1C.Cl. The number of amides is 1. The monoisotopic (exact) mass is 530 g/mol. The quantitative estimate of drug-likeness (QED) is 0.514. The summed E-state index contributed by atoms with van der Waals surface area (Å²) in [5, 5.41) is 10.1. The van der Waals surface area contributed by atoms with Crippen LogP contribution in [0.15, 0.2) is 47.6 Å². The number of ether oxygens (including phenoxy) is 1. The van der Waals surface area contributed by atoms with Crippen molar-refractivity contribution in [2.45, 2.75) is 31.8 Å². The van der Waals surface area contributed by atoms with E-state index in [4.69, 9.17) is 44.6 Å². The Bertz CT molecular complexity index is 1020. The van der Waals surface area contributed by atoms with E-state index >= 15 is 0 Å². The highest BCUT2D eigenvalue weighted by atomic mass is 35.5. The molecule has 0 aliphatic carbocycles. The van der Waals surface area contributed by atoms with Crippen molar-refractivity contribution in [2.75, 3.05) is 25.3 Å². The number of nitrogens with one attached hydrogen (secondary N) is 1. The average Bonchev–Trinajstić information content (AvgIpc) is 3.33. The van der Waals surface area contributed by atoms with Crippen molar-refractivity contribution in [3.05, 3.63) is 63.1 Å². The zero-order chi connectivity index (χ0) is 22.8. The third-order valence-corrected chi connectivity index (χ3v) is 6.76. The Hall–Kier alpha value is -1.54. The predicted molar refractivity (Wildman–Crippen MR) is 137 cm³/mol. The molecule has 0 radical (unpaired) electrons. The minimum Gasteiger partial charge on any atom is -0.383 e. The Kier molecular flexibility index (Phi) is 8.89. The van der Waals surface area contributed by atoms with Gasteiger partial charge in [0, 0.05) is 29.6 Å². The van der Waals surface area contributed by atoms with Crippen molar-refractivity contribution in [1.29, 1.82) is 0 Å². The van der Waals surface area contributed by atoms with E-state index in [1.54, 1.807) is 24.3 Å². The summed E-state index contributed by atoms with van der Waals surface area (Å²) in [6.45, 7) is 3.36. The van der Waals surface area contributed by atoms with Crippen LogP contribution in [0.1, 0.15) is 31.4 Å². The molecule has 1 saturated heterocycles. The summed E-state index contributed by atoms with van der Waals surface area (Å²) < 4.78 is 5.30. The molecule has 0 spiro atoms. The predicted octanol–water partition coefficient (Wildman–Crippen LogP) is 5.76. The molecule has 3 atom stereocenters. The summed E-state index contributed by atoms with van der Waals surface area (Å²) in [4.78, 5) is 13.3. The second-order valence-corrected chi connectivity index (χ2v) is 9.38. The zero-order valence-electron chi connectivity index (χ0n) is 18.3. The Morgan fingerprint density at radius 3 is 2.52 bits per heavy atom. The standard InChI is InChI=1S/C23H25Cl3N4O2.ClH/c1-14-21(23(31)28-29-11-3-4-18(29)13-32-2)27-30(20-10-9-17(25)12-19(20)26)22(14)15-5-7-16(24)8-6-15;/h5-10,12,14,18,22H,3-4,11,13H2,1-2H3,(H,28,31);1H/t14?,18-,22?;/m0./s1. The molecule has 2 aromatic carbocycles. The molecule has 1 fully saturated rings. The highest BCUT2D eigenvalue weighted by Gasteiger charge is 2.41. The number of hydrazone groups is 1. The van der Waals surface area contributed by atoms with E-state index in [-0.39, 0.29) is 36.3 Å². The number of hydrogen-bond acceptors (Lipinski definition) is 5. The van der Waals surface area contributed by atoms with Crippen molar-refractivity contribution in [2.24, 2.45) is 11.0 Å². The Morgan fingerprint density at radius 1 is 1.15 bits per heavy atom. The molecule has 0 saturated carbocycles. The van der Waals surface area contributed by atoms with Gasteiger partial charge in [-0.05, 0) is 48.7 Å². The van der Waals surface area contributed by atoms with Gasteiger partial charge < -0.3 is 4.74 Å². The number of carbonyl (C=O) groups is 1. The first kappa shape index (κ1) is 26.1. The molecule has 2 unspecified atom stereocenters. The summed E-state index contributed by atoms with van der Waals surface area (Å²) >= 11 is 18.7. The van der Waals surface area contributed by atoms with E-state index in [2.05, 4.69) is 5.43 Å². The largest absolute Gasteiger partial charge is 0.383 e. The Morgan fingerprint density at radius 2 is 1.85 bits per heavy atom. The van der Waals surface area contributed by atoms with Gasteiger partial charge >= 0.3 is 0 Å². The van der Waals surface area contributed by atoms with Crippen LogP contribution in [-0.4, -0.2) is 42.9 Å². The number of carbonyl (C=O) groups excluding carboxylic acids is 1. The second kappa shape index (κ2) is 11.3. The highest BCUT2D eigenvalue weighted by Crippen LogP contribution is 2.42. The van der Waals surface area contributed by atoms with Crippen LogP contribution in [0.5, 0.6) is 0 Å². The Labute approximate surface area is 215 Å². The number of hydrogen-bond donors (Lipinski definition) is 1. The highest BCUT2D eigenvalue weighted by molar-refractivity contribution is 6.41. The summed E-state index contributed by atoms with van der Waals surface area (Å²) in [6.07, 6.45) is 1.99. The van der Waals surface area contributed by atoms with E-state index in [0.29, 0.717) is 33.1 Å². The van der Waals surface area contributed by atoms with Gasteiger partial charge in [0.15, 0.2) is 0 Å². The summed E-state index contributed by atoms with van der Waals surface area (Å²) in [5.41, 5.74) is 5.16. The van der Waals surface area contributed by atoms with Crippen LogP contribution in [0.4, 0.5) is 5.69 Å². The molecule has 10 heteroatoms. The van der Waals surface area contributed by atoms with E-state index in [1.165, 1.54) is 0 Å². The molecule has 1 amide bonds. The van der Waals surface area contributed by atoms with Crippen molar-refractivity contribution in [3.8, 4) is 0 Å². The van der Waals surface area contributed by atoms with Crippen LogP contribution in [0.3, 0.4) is 0 Å². The van der Waals surface area contributed by atoms with E-state index in [0.717, 1.165) is 24.9 Å². The molecule has 178 valence electrons. The van der Waals surface area contributed by atoms with Crippen molar-refractivity contribution in [1.82, 2.24) is 10.4 Å². The number of hydrazine groups is 1. The second-order valence-electron chi connectivity index (χ2n) is 8.10. The molecule has 6 nitrogen and oxygen atoms in total. The van der Waals surface area contributed by atoms with Crippen molar-refractivity contribution < 1.29 is 9.53 Å². The number of nitrogens with zero attached hydrogens (tertiary/aromatic N) is 3. The summed E-state index contributed by atoms with van der Waals surface area (Å²) in [6, 6.07) is 12.8. The van der Waals surface area contributed by atoms with E-state index in [9.17, 15) is 4.79 Å². The van der Waals surface area contributed by atoms with Gasteiger partial charge in [-0.2, -0.15) is 5.10 Å². The molecule has 2 aliphatic heterocycles. The molecule has 4 rings (SSSR count). The lowest BCUT2D eigenvalue weighted by Gasteiger charge is -2.28. The summed E-state index contributed by atoms with van der Waals surface area (Å²) in [7, 11) is 1.67. The fraction of sp³-hybridized carbons (Fsp3) is 0.391. The molecule has 0 aromatic heterocycles. The lowest BCUT2D eigenvalue weighted by Crippen LogP contribution is -2.49. The topological polar surface area (TPSA) is 57.2 Å². The fourth-order valence-electron chi connectivity index (χ4n) is 4.38. The minimum atomic E-state index is -0.222. The number of benzene rings is 2. The Balaban J connectivity index is 0.00000306. The molecule has 2 aliphatic rings. The molecule has 33 heavy (non-hydrogen) atoms. The molecule has 2 heterocycles. The van der Waals surface area contributed by atoms with Gasteiger partial charge in [-0.3, -0.25) is 15.2 Å². The maximum Gasteiger partial charge on any atom is 0.282 e. The molecular formula is C23H26Cl4N4O2. The third-order valence-electron chi connectivity index (χ3n) is 5.97. The smallest absolute Gasteiger partial charge is 0.282 e. The van der Waals surface area contributed by atoms with Crippen LogP contribution in [0.2, 0.25) is 15.1 Å². The lowest BCUT2D eigenvalue weighted by atomic mass is 9.91. The maximum atomic E-state index is 13.3. The zero-order valence-corrected chi connectivity index (χ0v) is 21.4. The maximum absolute atomic E-state index is 13.3. The van der Waals surface area contributed by atoms with Gasteiger partial charge in [-0.25, -0.2) is 5.01 Å². The van der Waals surface area contributed by atoms with Gasteiger partial charge in [0.25, 0.3) is 5.91 Å². The van der Waals surface area contributed by atoms with Crippen LogP contribution in [0.25, 0.3) is 0 Å². The lowest BCUT2D eigenvalue weighted by molar-refractivity contribution is -0.120. The van der Waals surface area contributed by atoms with Crippen molar-refractivity contribution >= 4 is 64.5 Å². The first-order valence-electron chi connectivity index (χ1n) is 10.5.